The van der Waals surface area contributed by atoms with E-state index >= 15 is 0 Å². The number of sulfonamides is 1. The molecule has 4 rings (SSSR count). The number of carbonyl (C=O) groups is 1. The van der Waals surface area contributed by atoms with E-state index < -0.39 is 16.1 Å². The monoisotopic (exact) mass is 431 g/mol. The summed E-state index contributed by atoms with van der Waals surface area (Å²) >= 11 is 0. The predicted octanol–water partition coefficient (Wildman–Crippen LogP) is 5.17. The molecule has 1 aliphatic rings. The molecule has 5 heteroatoms. The van der Waals surface area contributed by atoms with Crippen molar-refractivity contribution < 1.29 is 13.2 Å². The maximum Gasteiger partial charge on any atom is 0.267 e. The van der Waals surface area contributed by atoms with E-state index in [1.165, 1.54) is 0 Å². The van der Waals surface area contributed by atoms with Gasteiger partial charge in [0.1, 0.15) is 0 Å². The van der Waals surface area contributed by atoms with E-state index in [-0.39, 0.29) is 23.1 Å². The summed E-state index contributed by atoms with van der Waals surface area (Å²) in [6, 6.07) is 25.5. The van der Waals surface area contributed by atoms with Crippen molar-refractivity contribution in [2.45, 2.75) is 37.1 Å². The zero-order valence-corrected chi connectivity index (χ0v) is 18.4. The normalized spacial score (nSPS) is 19.6. The van der Waals surface area contributed by atoms with Crippen LogP contribution >= 0.6 is 0 Å². The molecule has 0 radical (unpaired) electrons. The van der Waals surface area contributed by atoms with Gasteiger partial charge in [-0.3, -0.25) is 4.79 Å². The van der Waals surface area contributed by atoms with Crippen molar-refractivity contribution >= 4 is 22.0 Å². The third-order valence-electron chi connectivity index (χ3n) is 5.74. The van der Waals surface area contributed by atoms with E-state index in [1.54, 1.807) is 24.3 Å². The molecule has 0 N–H and O–H groups in total. The first-order chi connectivity index (χ1) is 14.9. The zero-order valence-electron chi connectivity index (χ0n) is 17.6. The first kappa shape index (κ1) is 21.1. The summed E-state index contributed by atoms with van der Waals surface area (Å²) in [7, 11) is -3.99. The Morgan fingerprint density at radius 1 is 0.903 bits per heavy atom. The molecule has 0 bridgehead atoms. The van der Waals surface area contributed by atoms with Gasteiger partial charge in [0.2, 0.25) is 5.91 Å². The van der Waals surface area contributed by atoms with Gasteiger partial charge in [-0.15, -0.1) is 0 Å². The van der Waals surface area contributed by atoms with Crippen molar-refractivity contribution in [2.75, 3.05) is 0 Å². The fourth-order valence-corrected chi connectivity index (χ4v) is 5.88. The van der Waals surface area contributed by atoms with Gasteiger partial charge in [0.25, 0.3) is 10.0 Å². The van der Waals surface area contributed by atoms with Crippen LogP contribution in [0.25, 0.3) is 6.08 Å². The van der Waals surface area contributed by atoms with Gasteiger partial charge < -0.3 is 0 Å². The standard InChI is InChI=1S/C26H25NO3S/c1-19-13-15-23(16-14-19)31(29,30)27-25(28)18-24(22-11-7-4-8-12-22)26(27)20(2)17-21-9-5-3-6-10-21/h3-17,24,26H,18H2,1-2H3/b20-17+/t24-,26+/m1/s1. The molecule has 0 spiro atoms. The Morgan fingerprint density at radius 2 is 1.48 bits per heavy atom. The SMILES string of the molecule is C/C(=C\c1ccccc1)[C@H]1[C@@H](c2ccccc2)CC(=O)N1S(=O)(=O)c1ccc(C)cc1. The molecule has 0 unspecified atom stereocenters. The minimum absolute atomic E-state index is 0.137. The molecule has 1 fully saturated rings. The Labute approximate surface area is 183 Å². The number of rotatable bonds is 5. The molecule has 1 heterocycles. The van der Waals surface area contributed by atoms with E-state index in [2.05, 4.69) is 0 Å². The van der Waals surface area contributed by atoms with Crippen LogP contribution in [0.1, 0.15) is 36.0 Å². The van der Waals surface area contributed by atoms with Gasteiger partial charge >= 0.3 is 0 Å². The quantitative estimate of drug-likeness (QED) is 0.560. The maximum atomic E-state index is 13.6. The summed E-state index contributed by atoms with van der Waals surface area (Å²) in [5.41, 5.74) is 3.73. The van der Waals surface area contributed by atoms with Gasteiger partial charge in [0, 0.05) is 12.3 Å². The summed E-state index contributed by atoms with van der Waals surface area (Å²) in [6.45, 7) is 3.81. The van der Waals surface area contributed by atoms with E-state index in [0.29, 0.717) is 0 Å². The number of benzene rings is 3. The van der Waals surface area contributed by atoms with Gasteiger partial charge in [0.15, 0.2) is 0 Å². The Kier molecular flexibility index (Phi) is 5.79. The summed E-state index contributed by atoms with van der Waals surface area (Å²) in [5, 5.41) is 0. The number of amides is 1. The van der Waals surface area contributed by atoms with Crippen LogP contribution in [0, 0.1) is 6.92 Å². The second kappa shape index (κ2) is 8.52. The van der Waals surface area contributed by atoms with Crippen LogP contribution in [0.15, 0.2) is 95.4 Å². The number of aryl methyl sites for hydroxylation is 1. The second-order valence-electron chi connectivity index (χ2n) is 7.97. The average molecular weight is 432 g/mol. The van der Waals surface area contributed by atoms with E-state index in [1.807, 2.05) is 80.6 Å². The minimum Gasteiger partial charge on any atom is -0.274 e. The van der Waals surface area contributed by atoms with E-state index in [9.17, 15) is 13.2 Å². The molecule has 2 atom stereocenters. The van der Waals surface area contributed by atoms with Gasteiger partial charge in [0.05, 0.1) is 10.9 Å². The van der Waals surface area contributed by atoms with E-state index in [4.69, 9.17) is 0 Å². The molecular weight excluding hydrogens is 406 g/mol. The van der Waals surface area contributed by atoms with Gasteiger partial charge in [-0.05, 0) is 42.7 Å². The molecule has 0 aliphatic carbocycles. The van der Waals surface area contributed by atoms with Crippen LogP contribution in [-0.4, -0.2) is 24.7 Å². The topological polar surface area (TPSA) is 54.5 Å². The summed E-state index contributed by atoms with van der Waals surface area (Å²) in [4.78, 5) is 13.3. The van der Waals surface area contributed by atoms with E-state index in [0.717, 1.165) is 26.6 Å². The Hall–Kier alpha value is -3.18. The Balaban J connectivity index is 1.83. The highest BCUT2D eigenvalue weighted by molar-refractivity contribution is 7.89. The second-order valence-corrected chi connectivity index (χ2v) is 9.79. The zero-order chi connectivity index (χ0) is 22.0. The first-order valence-electron chi connectivity index (χ1n) is 10.3. The van der Waals surface area contributed by atoms with Crippen LogP contribution in [0.3, 0.4) is 0 Å². The van der Waals surface area contributed by atoms with Crippen LogP contribution < -0.4 is 0 Å². The highest BCUT2D eigenvalue weighted by Crippen LogP contribution is 2.41. The molecule has 0 saturated carbocycles. The summed E-state index contributed by atoms with van der Waals surface area (Å²) < 4.78 is 28.3. The van der Waals surface area contributed by atoms with Crippen LogP contribution in [0.5, 0.6) is 0 Å². The molecular formula is C26H25NO3S. The molecule has 1 saturated heterocycles. The fourth-order valence-electron chi connectivity index (χ4n) is 4.22. The highest BCUT2D eigenvalue weighted by Gasteiger charge is 2.47. The molecule has 3 aromatic carbocycles. The number of hydrogen-bond donors (Lipinski definition) is 0. The van der Waals surface area contributed by atoms with Crippen LogP contribution in [0.2, 0.25) is 0 Å². The summed E-state index contributed by atoms with van der Waals surface area (Å²) in [6.07, 6.45) is 2.12. The highest BCUT2D eigenvalue weighted by atomic mass is 32.2. The molecule has 4 nitrogen and oxygen atoms in total. The molecule has 1 aliphatic heterocycles. The molecule has 3 aromatic rings. The Bertz CT molecular complexity index is 1200. The maximum absolute atomic E-state index is 13.6. The van der Waals surface area contributed by atoms with Gasteiger partial charge in [-0.1, -0.05) is 84.4 Å². The largest absolute Gasteiger partial charge is 0.274 e. The lowest BCUT2D eigenvalue weighted by molar-refractivity contribution is -0.124. The Morgan fingerprint density at radius 3 is 2.10 bits per heavy atom. The van der Waals surface area contributed by atoms with Crippen molar-refractivity contribution in [1.29, 1.82) is 0 Å². The lowest BCUT2D eigenvalue weighted by Gasteiger charge is -2.29. The minimum atomic E-state index is -3.99. The van der Waals surface area contributed by atoms with Gasteiger partial charge in [-0.2, -0.15) is 0 Å². The smallest absolute Gasteiger partial charge is 0.267 e. The third-order valence-corrected chi connectivity index (χ3v) is 7.56. The van der Waals surface area contributed by atoms with Crippen molar-refractivity contribution in [3.05, 3.63) is 107 Å². The number of hydrogen-bond acceptors (Lipinski definition) is 3. The fraction of sp³-hybridized carbons (Fsp3) is 0.192. The van der Waals surface area contributed by atoms with Crippen LogP contribution in [0.4, 0.5) is 0 Å². The first-order valence-corrected chi connectivity index (χ1v) is 11.7. The van der Waals surface area contributed by atoms with Crippen LogP contribution in [-0.2, 0) is 14.8 Å². The third kappa shape index (κ3) is 4.19. The van der Waals surface area contributed by atoms with Gasteiger partial charge in [-0.25, -0.2) is 12.7 Å². The molecule has 1 amide bonds. The summed E-state index contributed by atoms with van der Waals surface area (Å²) in [5.74, 6) is -0.617. The molecule has 158 valence electrons. The average Bonchev–Trinajstić information content (AvgIpc) is 3.13. The van der Waals surface area contributed by atoms with Crippen molar-refractivity contribution in [3.63, 3.8) is 0 Å². The van der Waals surface area contributed by atoms with Crippen molar-refractivity contribution in [3.8, 4) is 0 Å². The van der Waals surface area contributed by atoms with Crippen molar-refractivity contribution in [2.24, 2.45) is 0 Å². The molecule has 0 aromatic heterocycles. The van der Waals surface area contributed by atoms with Crippen molar-refractivity contribution in [1.82, 2.24) is 4.31 Å². The predicted molar refractivity (Wildman–Crippen MR) is 123 cm³/mol. The lowest BCUT2D eigenvalue weighted by atomic mass is 9.87. The number of nitrogens with zero attached hydrogens (tertiary/aromatic N) is 1. The number of carbonyl (C=O) groups excluding carboxylic acids is 1. The molecule has 31 heavy (non-hydrogen) atoms. The lowest BCUT2D eigenvalue weighted by Crippen LogP contribution is -2.40.